The van der Waals surface area contributed by atoms with Gasteiger partial charge in [0.2, 0.25) is 0 Å². The normalized spacial score (nSPS) is 19.2. The highest BCUT2D eigenvalue weighted by atomic mass is 32.1. The van der Waals surface area contributed by atoms with E-state index in [1.54, 1.807) is 11.3 Å². The lowest BCUT2D eigenvalue weighted by atomic mass is 9.79. The predicted octanol–water partition coefficient (Wildman–Crippen LogP) is 3.95. The van der Waals surface area contributed by atoms with Gasteiger partial charge in [0.25, 0.3) is 0 Å². The Morgan fingerprint density at radius 3 is 2.75 bits per heavy atom. The molecular formula is C16H28N2OS. The minimum Gasteiger partial charge on any atom is -0.381 e. The first kappa shape index (κ1) is 15.9. The molecule has 20 heavy (non-hydrogen) atoms. The molecule has 1 aromatic rings. The summed E-state index contributed by atoms with van der Waals surface area (Å²) < 4.78 is 5.45. The van der Waals surface area contributed by atoms with Crippen molar-refractivity contribution in [2.24, 2.45) is 11.3 Å². The van der Waals surface area contributed by atoms with Gasteiger partial charge in [0.15, 0.2) is 0 Å². The van der Waals surface area contributed by atoms with Gasteiger partial charge in [-0.15, -0.1) is 11.3 Å². The number of aryl methyl sites for hydroxylation is 1. The van der Waals surface area contributed by atoms with Gasteiger partial charge in [0, 0.05) is 36.9 Å². The van der Waals surface area contributed by atoms with Crippen LogP contribution >= 0.6 is 11.3 Å². The summed E-state index contributed by atoms with van der Waals surface area (Å²) in [6.45, 7) is 12.0. The van der Waals surface area contributed by atoms with Gasteiger partial charge in [-0.3, -0.25) is 0 Å². The number of aromatic nitrogens is 1. The van der Waals surface area contributed by atoms with E-state index in [4.69, 9.17) is 4.74 Å². The Morgan fingerprint density at radius 2 is 2.15 bits per heavy atom. The standard InChI is InChI=1S/C16H28N2OS/c1-12(15-10-17-13(2)20-15)18-11-16(3,4)9-14-5-7-19-8-6-14/h10,12,14,18H,5-9,11H2,1-4H3/t12-/m1/s1. The van der Waals surface area contributed by atoms with Crippen molar-refractivity contribution in [2.75, 3.05) is 19.8 Å². The maximum atomic E-state index is 5.45. The zero-order valence-electron chi connectivity index (χ0n) is 13.2. The molecule has 1 aliphatic rings. The van der Waals surface area contributed by atoms with Crippen LogP contribution < -0.4 is 5.32 Å². The summed E-state index contributed by atoms with van der Waals surface area (Å²) in [4.78, 5) is 5.68. The van der Waals surface area contributed by atoms with Gasteiger partial charge >= 0.3 is 0 Å². The van der Waals surface area contributed by atoms with Gasteiger partial charge in [-0.25, -0.2) is 4.98 Å². The Labute approximate surface area is 127 Å². The average Bonchev–Trinajstić information content (AvgIpc) is 2.83. The van der Waals surface area contributed by atoms with Crippen LogP contribution in [0, 0.1) is 18.3 Å². The summed E-state index contributed by atoms with van der Waals surface area (Å²) in [5.41, 5.74) is 0.343. The molecule has 0 saturated carbocycles. The number of hydrogen-bond acceptors (Lipinski definition) is 4. The highest BCUT2D eigenvalue weighted by Gasteiger charge is 2.25. The van der Waals surface area contributed by atoms with Crippen molar-refractivity contribution >= 4 is 11.3 Å². The minimum atomic E-state index is 0.343. The number of nitrogens with one attached hydrogen (secondary N) is 1. The van der Waals surface area contributed by atoms with Gasteiger partial charge in [-0.05, 0) is 44.4 Å². The number of nitrogens with zero attached hydrogens (tertiary/aromatic N) is 1. The highest BCUT2D eigenvalue weighted by molar-refractivity contribution is 7.11. The summed E-state index contributed by atoms with van der Waals surface area (Å²) in [5.74, 6) is 0.835. The lowest BCUT2D eigenvalue weighted by Crippen LogP contribution is -2.33. The van der Waals surface area contributed by atoms with E-state index in [0.29, 0.717) is 11.5 Å². The lowest BCUT2D eigenvalue weighted by Gasteiger charge is -2.33. The molecule has 0 spiro atoms. The topological polar surface area (TPSA) is 34.2 Å². The predicted molar refractivity (Wildman–Crippen MR) is 85.2 cm³/mol. The zero-order chi connectivity index (χ0) is 14.6. The maximum Gasteiger partial charge on any atom is 0.0897 e. The molecule has 1 aromatic heterocycles. The van der Waals surface area contributed by atoms with Crippen molar-refractivity contribution < 1.29 is 4.74 Å². The lowest BCUT2D eigenvalue weighted by molar-refractivity contribution is 0.0509. The smallest absolute Gasteiger partial charge is 0.0897 e. The van der Waals surface area contributed by atoms with E-state index in [0.717, 1.165) is 30.7 Å². The van der Waals surface area contributed by atoms with Crippen molar-refractivity contribution in [3.05, 3.63) is 16.1 Å². The van der Waals surface area contributed by atoms with Crippen LogP contribution in [-0.2, 0) is 4.74 Å². The molecule has 1 fully saturated rings. The van der Waals surface area contributed by atoms with E-state index in [1.807, 2.05) is 6.20 Å². The van der Waals surface area contributed by atoms with Crippen LogP contribution in [0.25, 0.3) is 0 Å². The number of thiazole rings is 1. The number of hydrogen-bond donors (Lipinski definition) is 1. The molecule has 0 aromatic carbocycles. The molecule has 0 radical (unpaired) electrons. The Bertz CT molecular complexity index is 410. The van der Waals surface area contributed by atoms with Crippen molar-refractivity contribution in [3.8, 4) is 0 Å². The fourth-order valence-corrected chi connectivity index (χ4v) is 3.72. The number of rotatable bonds is 6. The largest absolute Gasteiger partial charge is 0.381 e. The maximum absolute atomic E-state index is 5.45. The van der Waals surface area contributed by atoms with Gasteiger partial charge in [0.05, 0.1) is 5.01 Å². The average molecular weight is 296 g/mol. The van der Waals surface area contributed by atoms with E-state index >= 15 is 0 Å². The van der Waals surface area contributed by atoms with Crippen LogP contribution in [-0.4, -0.2) is 24.7 Å². The van der Waals surface area contributed by atoms with Gasteiger partial charge in [0.1, 0.15) is 0 Å². The number of ether oxygens (including phenoxy) is 1. The van der Waals surface area contributed by atoms with Crippen molar-refractivity contribution in [1.29, 1.82) is 0 Å². The third kappa shape index (κ3) is 4.83. The van der Waals surface area contributed by atoms with Gasteiger partial charge in [-0.1, -0.05) is 13.8 Å². The molecule has 2 heterocycles. The molecule has 0 aliphatic carbocycles. The van der Waals surface area contributed by atoms with Gasteiger partial charge < -0.3 is 10.1 Å². The van der Waals surface area contributed by atoms with E-state index in [2.05, 4.69) is 38.0 Å². The third-order valence-corrected chi connectivity index (χ3v) is 5.23. The zero-order valence-corrected chi connectivity index (χ0v) is 14.1. The van der Waals surface area contributed by atoms with Gasteiger partial charge in [-0.2, -0.15) is 0 Å². The molecule has 0 bridgehead atoms. The summed E-state index contributed by atoms with van der Waals surface area (Å²) in [7, 11) is 0. The van der Waals surface area contributed by atoms with Crippen LogP contribution in [0.15, 0.2) is 6.20 Å². The SMILES string of the molecule is Cc1ncc([C@@H](C)NCC(C)(C)CC2CCOCC2)s1. The van der Waals surface area contributed by atoms with Crippen LogP contribution in [0.3, 0.4) is 0 Å². The molecule has 0 amide bonds. The summed E-state index contributed by atoms with van der Waals surface area (Å²) in [6.07, 6.45) is 5.75. The molecule has 2 rings (SSSR count). The molecule has 1 atom stereocenters. The van der Waals surface area contributed by atoms with E-state index in [1.165, 1.54) is 24.1 Å². The fraction of sp³-hybridized carbons (Fsp3) is 0.812. The van der Waals surface area contributed by atoms with Crippen LogP contribution in [0.2, 0.25) is 0 Å². The third-order valence-electron chi connectivity index (χ3n) is 4.13. The van der Waals surface area contributed by atoms with E-state index in [-0.39, 0.29) is 0 Å². The highest BCUT2D eigenvalue weighted by Crippen LogP contribution is 2.31. The Hall–Kier alpha value is -0.450. The molecule has 1 saturated heterocycles. The van der Waals surface area contributed by atoms with Crippen molar-refractivity contribution in [2.45, 2.75) is 53.0 Å². The quantitative estimate of drug-likeness (QED) is 0.863. The minimum absolute atomic E-state index is 0.343. The van der Waals surface area contributed by atoms with Crippen molar-refractivity contribution in [3.63, 3.8) is 0 Å². The second kappa shape index (κ2) is 7.01. The summed E-state index contributed by atoms with van der Waals surface area (Å²) >= 11 is 1.79. The molecular weight excluding hydrogens is 268 g/mol. The molecule has 4 heteroatoms. The van der Waals surface area contributed by atoms with Crippen molar-refractivity contribution in [1.82, 2.24) is 10.3 Å². The van der Waals surface area contributed by atoms with Crippen LogP contribution in [0.1, 0.15) is 56.0 Å². The molecule has 0 unspecified atom stereocenters. The Kier molecular flexibility index (Phi) is 5.58. The van der Waals surface area contributed by atoms with E-state index < -0.39 is 0 Å². The molecule has 1 aliphatic heterocycles. The van der Waals surface area contributed by atoms with E-state index in [9.17, 15) is 0 Å². The van der Waals surface area contributed by atoms with Crippen LogP contribution in [0.5, 0.6) is 0 Å². The second-order valence-corrected chi connectivity index (χ2v) is 8.07. The Balaban J connectivity index is 1.78. The second-order valence-electron chi connectivity index (χ2n) is 6.81. The first-order chi connectivity index (χ1) is 9.46. The fourth-order valence-electron chi connectivity index (χ4n) is 2.91. The summed E-state index contributed by atoms with van der Waals surface area (Å²) in [6, 6.07) is 0.398. The first-order valence-corrected chi connectivity index (χ1v) is 8.51. The molecule has 1 N–H and O–H groups in total. The summed E-state index contributed by atoms with van der Waals surface area (Å²) in [5, 5.41) is 4.83. The molecule has 114 valence electrons. The first-order valence-electron chi connectivity index (χ1n) is 7.70. The molecule has 3 nitrogen and oxygen atoms in total. The monoisotopic (exact) mass is 296 g/mol. The van der Waals surface area contributed by atoms with Crippen LogP contribution in [0.4, 0.5) is 0 Å². The Morgan fingerprint density at radius 1 is 1.45 bits per heavy atom.